The molecule has 16 heavy (non-hydrogen) atoms. The number of hydrogen-bond donors (Lipinski definition) is 0. The number of rotatable bonds is 8. The van der Waals surface area contributed by atoms with Gasteiger partial charge in [0.05, 0.1) is 6.61 Å². The molecule has 4 heteroatoms. The minimum absolute atomic E-state index is 0.135. The van der Waals surface area contributed by atoms with E-state index in [1.54, 1.807) is 6.92 Å². The maximum absolute atomic E-state index is 11.4. The summed E-state index contributed by atoms with van der Waals surface area (Å²) in [5, 5.41) is 0. The van der Waals surface area contributed by atoms with E-state index in [4.69, 9.17) is 4.74 Å². The highest BCUT2D eigenvalue weighted by Crippen LogP contribution is 2.13. The maximum atomic E-state index is 11.4. The molecule has 0 fully saturated rings. The van der Waals surface area contributed by atoms with Crippen molar-refractivity contribution in [3.05, 3.63) is 0 Å². The van der Waals surface area contributed by atoms with Crippen molar-refractivity contribution in [2.24, 2.45) is 5.92 Å². The quantitative estimate of drug-likeness (QED) is 0.361. The predicted octanol–water partition coefficient (Wildman–Crippen LogP) is 1.90. The third kappa shape index (κ3) is 6.32. The van der Waals surface area contributed by atoms with Crippen LogP contribution in [0.3, 0.4) is 0 Å². The molecule has 0 aliphatic heterocycles. The molecular formula is C12H20O4. The number of carbonyl (C=O) groups is 3. The molecule has 0 aliphatic rings. The third-order valence-corrected chi connectivity index (χ3v) is 2.33. The van der Waals surface area contributed by atoms with Crippen LogP contribution in [0.2, 0.25) is 0 Å². The fourth-order valence-electron chi connectivity index (χ4n) is 1.45. The van der Waals surface area contributed by atoms with Gasteiger partial charge in [-0.3, -0.25) is 9.59 Å². The van der Waals surface area contributed by atoms with Crippen LogP contribution in [0.15, 0.2) is 0 Å². The lowest BCUT2D eigenvalue weighted by atomic mass is 9.97. The Morgan fingerprint density at radius 2 is 1.75 bits per heavy atom. The summed E-state index contributed by atoms with van der Waals surface area (Å²) in [4.78, 5) is 33.3. The van der Waals surface area contributed by atoms with Gasteiger partial charge in [-0.1, -0.05) is 6.42 Å². The van der Waals surface area contributed by atoms with Gasteiger partial charge in [-0.25, -0.2) is 0 Å². The predicted molar refractivity (Wildman–Crippen MR) is 60.0 cm³/mol. The van der Waals surface area contributed by atoms with Crippen molar-refractivity contribution in [2.75, 3.05) is 6.61 Å². The molecule has 0 aromatic rings. The highest BCUT2D eigenvalue weighted by molar-refractivity contribution is 5.97. The van der Waals surface area contributed by atoms with E-state index in [0.29, 0.717) is 19.3 Å². The molecule has 4 nitrogen and oxygen atoms in total. The van der Waals surface area contributed by atoms with Crippen molar-refractivity contribution in [1.29, 1.82) is 0 Å². The lowest BCUT2D eigenvalue weighted by molar-refractivity contribution is -0.151. The average molecular weight is 228 g/mol. The molecular weight excluding hydrogens is 208 g/mol. The summed E-state index contributed by atoms with van der Waals surface area (Å²) in [7, 11) is 0. The normalized spacial score (nSPS) is 11.9. The Morgan fingerprint density at radius 3 is 2.19 bits per heavy atom. The Balaban J connectivity index is 4.00. The Hall–Kier alpha value is -1.19. The number of Topliss-reactive ketones (excluding diaryl/α,β-unsaturated/α-hetero) is 2. The fraction of sp³-hybridized carbons (Fsp3) is 0.750. The molecule has 92 valence electrons. The first-order valence-corrected chi connectivity index (χ1v) is 5.65. The second-order valence-corrected chi connectivity index (χ2v) is 3.86. The molecule has 0 radical (unpaired) electrons. The number of carbonyl (C=O) groups excluding carboxylic acids is 3. The molecule has 0 saturated heterocycles. The van der Waals surface area contributed by atoms with Crippen LogP contribution in [0.25, 0.3) is 0 Å². The van der Waals surface area contributed by atoms with E-state index >= 15 is 0 Å². The number of esters is 1. The first kappa shape index (κ1) is 14.8. The summed E-state index contributed by atoms with van der Waals surface area (Å²) in [6.07, 6.45) is 2.40. The van der Waals surface area contributed by atoms with E-state index in [0.717, 1.165) is 6.42 Å². The van der Waals surface area contributed by atoms with Crippen molar-refractivity contribution in [3.8, 4) is 0 Å². The summed E-state index contributed by atoms with van der Waals surface area (Å²) >= 11 is 0. The van der Waals surface area contributed by atoms with Crippen molar-refractivity contribution in [2.45, 2.75) is 46.5 Å². The van der Waals surface area contributed by atoms with Crippen molar-refractivity contribution in [3.63, 3.8) is 0 Å². The van der Waals surface area contributed by atoms with Crippen LogP contribution in [0, 0.1) is 5.92 Å². The Bertz CT molecular complexity index is 258. The summed E-state index contributed by atoms with van der Waals surface area (Å²) < 4.78 is 4.82. The van der Waals surface area contributed by atoms with Crippen LogP contribution >= 0.6 is 0 Å². The number of hydrogen-bond acceptors (Lipinski definition) is 4. The van der Waals surface area contributed by atoms with Gasteiger partial charge in [0.2, 0.25) is 0 Å². The van der Waals surface area contributed by atoms with Crippen LogP contribution in [0.1, 0.15) is 46.5 Å². The first-order valence-electron chi connectivity index (χ1n) is 5.65. The molecule has 0 aromatic carbocycles. The van der Waals surface area contributed by atoms with Gasteiger partial charge in [0.15, 0.2) is 0 Å². The summed E-state index contributed by atoms with van der Waals surface area (Å²) in [6.45, 7) is 4.93. The monoisotopic (exact) mass is 228 g/mol. The van der Waals surface area contributed by atoms with Gasteiger partial charge in [0.1, 0.15) is 17.5 Å². The van der Waals surface area contributed by atoms with E-state index in [9.17, 15) is 14.4 Å². The molecule has 0 aromatic heterocycles. The molecule has 0 aliphatic carbocycles. The zero-order chi connectivity index (χ0) is 12.6. The molecule has 0 N–H and O–H groups in total. The fourth-order valence-corrected chi connectivity index (χ4v) is 1.45. The van der Waals surface area contributed by atoms with Gasteiger partial charge >= 0.3 is 5.97 Å². The molecule has 0 rings (SSSR count). The molecule has 0 spiro atoms. The zero-order valence-electron chi connectivity index (χ0n) is 10.2. The summed E-state index contributed by atoms with van der Waals surface area (Å²) in [5.74, 6) is -1.14. The highest BCUT2D eigenvalue weighted by Gasteiger charge is 2.23. The number of unbranched alkanes of at least 4 members (excludes halogenated alkanes) is 1. The van der Waals surface area contributed by atoms with Gasteiger partial charge in [0.25, 0.3) is 0 Å². The van der Waals surface area contributed by atoms with Gasteiger partial charge in [0, 0.05) is 6.42 Å². The molecule has 0 heterocycles. The molecule has 1 unspecified atom stereocenters. The van der Waals surface area contributed by atoms with E-state index in [2.05, 4.69) is 0 Å². The third-order valence-electron chi connectivity index (χ3n) is 2.33. The van der Waals surface area contributed by atoms with Crippen molar-refractivity contribution >= 4 is 17.5 Å². The minimum Gasteiger partial charge on any atom is -0.465 e. The average Bonchev–Trinajstić information content (AvgIpc) is 2.16. The van der Waals surface area contributed by atoms with Gasteiger partial charge < -0.3 is 9.53 Å². The second kappa shape index (κ2) is 8.02. The first-order chi connectivity index (χ1) is 7.49. The SMILES string of the molecule is CCOC(=O)C(CCCCC(C)=O)C(C)=O. The topological polar surface area (TPSA) is 60.4 Å². The van der Waals surface area contributed by atoms with Crippen LogP contribution in [0.4, 0.5) is 0 Å². The highest BCUT2D eigenvalue weighted by atomic mass is 16.5. The Labute approximate surface area is 96.4 Å². The maximum Gasteiger partial charge on any atom is 0.316 e. The van der Waals surface area contributed by atoms with Crippen LogP contribution in [-0.4, -0.2) is 24.1 Å². The van der Waals surface area contributed by atoms with Crippen molar-refractivity contribution < 1.29 is 19.1 Å². The smallest absolute Gasteiger partial charge is 0.316 e. The van der Waals surface area contributed by atoms with Gasteiger partial charge in [-0.2, -0.15) is 0 Å². The number of ketones is 2. The lowest BCUT2D eigenvalue weighted by Crippen LogP contribution is -2.24. The molecule has 0 amide bonds. The van der Waals surface area contributed by atoms with Gasteiger partial charge in [-0.05, 0) is 33.6 Å². The Morgan fingerprint density at radius 1 is 1.12 bits per heavy atom. The van der Waals surface area contributed by atoms with E-state index in [1.807, 2.05) is 0 Å². The second-order valence-electron chi connectivity index (χ2n) is 3.86. The zero-order valence-corrected chi connectivity index (χ0v) is 10.2. The molecule has 0 bridgehead atoms. The van der Waals surface area contributed by atoms with E-state index in [-0.39, 0.29) is 18.2 Å². The minimum atomic E-state index is -0.660. The largest absolute Gasteiger partial charge is 0.465 e. The number of ether oxygens (including phenoxy) is 1. The van der Waals surface area contributed by atoms with E-state index < -0.39 is 11.9 Å². The van der Waals surface area contributed by atoms with Crippen molar-refractivity contribution in [1.82, 2.24) is 0 Å². The van der Waals surface area contributed by atoms with Gasteiger partial charge in [-0.15, -0.1) is 0 Å². The standard InChI is InChI=1S/C12H20O4/c1-4-16-12(15)11(10(3)14)8-6-5-7-9(2)13/h11H,4-8H2,1-3H3. The summed E-state index contributed by atoms with van der Waals surface area (Å²) in [6, 6.07) is 0. The van der Waals surface area contributed by atoms with Crippen LogP contribution in [-0.2, 0) is 19.1 Å². The Kier molecular flexibility index (Phi) is 7.42. The lowest BCUT2D eigenvalue weighted by Gasteiger charge is -2.11. The molecule has 0 saturated carbocycles. The van der Waals surface area contributed by atoms with E-state index in [1.165, 1.54) is 13.8 Å². The molecule has 1 atom stereocenters. The van der Waals surface area contributed by atoms with Crippen LogP contribution in [0.5, 0.6) is 0 Å². The van der Waals surface area contributed by atoms with Crippen LogP contribution < -0.4 is 0 Å². The summed E-state index contributed by atoms with van der Waals surface area (Å²) in [5.41, 5.74) is 0.